The topological polar surface area (TPSA) is 68.5 Å². The number of halogens is 1. The summed E-state index contributed by atoms with van der Waals surface area (Å²) in [6, 6.07) is 11.9. The smallest absolute Gasteiger partial charge is 0.162 e. The van der Waals surface area contributed by atoms with E-state index in [4.69, 9.17) is 0 Å². The number of nitrogens with zero attached hydrogens (tertiary/aromatic N) is 5. The van der Waals surface area contributed by atoms with Gasteiger partial charge in [-0.2, -0.15) is 0 Å². The number of nitrogens with one attached hydrogen (secondary N) is 1. The van der Waals surface area contributed by atoms with Crippen LogP contribution in [0.25, 0.3) is 22.6 Å². The Balaban J connectivity index is 1.57. The van der Waals surface area contributed by atoms with E-state index in [1.165, 1.54) is 12.1 Å². The molecule has 4 rings (SSSR count). The maximum Gasteiger partial charge on any atom is 0.162 e. The number of imidazole rings is 1. The Kier molecular flexibility index (Phi) is 5.33. The van der Waals surface area contributed by atoms with Crippen LogP contribution < -0.4 is 5.32 Å². The summed E-state index contributed by atoms with van der Waals surface area (Å²) in [4.78, 5) is 17.4. The Morgan fingerprint density at radius 3 is 2.46 bits per heavy atom. The van der Waals surface area contributed by atoms with Crippen LogP contribution in [0.3, 0.4) is 0 Å². The Labute approximate surface area is 162 Å². The van der Waals surface area contributed by atoms with Gasteiger partial charge >= 0.3 is 0 Å². The zero-order valence-electron chi connectivity index (χ0n) is 15.2. The highest BCUT2D eigenvalue weighted by Gasteiger charge is 2.09. The van der Waals surface area contributed by atoms with Crippen molar-refractivity contribution in [1.82, 2.24) is 24.5 Å². The third-order valence-corrected chi connectivity index (χ3v) is 4.26. The van der Waals surface area contributed by atoms with E-state index in [9.17, 15) is 4.39 Å². The van der Waals surface area contributed by atoms with Gasteiger partial charge in [-0.3, -0.25) is 4.98 Å². The van der Waals surface area contributed by atoms with E-state index in [1.807, 2.05) is 29.0 Å². The molecule has 3 aromatic heterocycles. The van der Waals surface area contributed by atoms with Crippen LogP contribution in [0.2, 0.25) is 0 Å². The van der Waals surface area contributed by atoms with Gasteiger partial charge in [-0.15, -0.1) is 0 Å². The van der Waals surface area contributed by atoms with E-state index in [-0.39, 0.29) is 5.82 Å². The van der Waals surface area contributed by atoms with Crippen LogP contribution in [0, 0.1) is 5.82 Å². The van der Waals surface area contributed by atoms with Crippen LogP contribution in [-0.4, -0.2) is 31.0 Å². The lowest BCUT2D eigenvalue weighted by Gasteiger charge is -2.11. The fraction of sp³-hybridized carbons (Fsp3) is 0.143. The maximum absolute atomic E-state index is 13.3. The van der Waals surface area contributed by atoms with Crippen molar-refractivity contribution in [3.05, 3.63) is 79.4 Å². The molecule has 0 saturated carbocycles. The summed E-state index contributed by atoms with van der Waals surface area (Å²) < 4.78 is 15.3. The molecule has 4 aromatic rings. The van der Waals surface area contributed by atoms with Crippen molar-refractivity contribution in [3.8, 4) is 22.6 Å². The van der Waals surface area contributed by atoms with Gasteiger partial charge in [-0.05, 0) is 42.8 Å². The summed E-state index contributed by atoms with van der Waals surface area (Å²) in [7, 11) is 0. The summed E-state index contributed by atoms with van der Waals surface area (Å²) in [6.45, 7) is 1.63. The van der Waals surface area contributed by atoms with E-state index in [0.29, 0.717) is 5.82 Å². The minimum Gasteiger partial charge on any atom is -0.370 e. The molecule has 0 unspecified atom stereocenters. The highest BCUT2D eigenvalue weighted by molar-refractivity contribution is 5.67. The van der Waals surface area contributed by atoms with Crippen LogP contribution >= 0.6 is 0 Å². The number of aromatic nitrogens is 5. The molecular weight excluding hydrogens is 355 g/mol. The second-order valence-electron chi connectivity index (χ2n) is 6.29. The predicted molar refractivity (Wildman–Crippen MR) is 106 cm³/mol. The third-order valence-electron chi connectivity index (χ3n) is 4.26. The predicted octanol–water partition coefficient (Wildman–Crippen LogP) is 4.04. The highest BCUT2D eigenvalue weighted by atomic mass is 19.1. The monoisotopic (exact) mass is 374 g/mol. The van der Waals surface area contributed by atoms with Gasteiger partial charge < -0.3 is 9.88 Å². The van der Waals surface area contributed by atoms with Gasteiger partial charge in [0, 0.05) is 55.1 Å². The maximum atomic E-state index is 13.3. The third kappa shape index (κ3) is 4.37. The Morgan fingerprint density at radius 1 is 0.893 bits per heavy atom. The average Bonchev–Trinajstić information content (AvgIpc) is 3.26. The van der Waals surface area contributed by atoms with Gasteiger partial charge in [0.1, 0.15) is 11.6 Å². The highest BCUT2D eigenvalue weighted by Crippen LogP contribution is 2.24. The summed E-state index contributed by atoms with van der Waals surface area (Å²) >= 11 is 0. The molecule has 0 saturated heterocycles. The molecule has 0 aliphatic heterocycles. The Bertz CT molecular complexity index is 1020. The van der Waals surface area contributed by atoms with E-state index in [1.54, 1.807) is 37.1 Å². The van der Waals surface area contributed by atoms with Crippen molar-refractivity contribution in [2.75, 3.05) is 11.9 Å². The van der Waals surface area contributed by atoms with Crippen molar-refractivity contribution >= 4 is 5.82 Å². The van der Waals surface area contributed by atoms with Crippen LogP contribution in [0.4, 0.5) is 10.2 Å². The van der Waals surface area contributed by atoms with E-state index >= 15 is 0 Å². The lowest BCUT2D eigenvalue weighted by molar-refractivity contribution is 0.628. The normalized spacial score (nSPS) is 10.8. The SMILES string of the molecule is Fc1ccc(-c2cc(NCCCn3ccnc3)nc(-c3ccncc3)n2)cc1. The zero-order valence-corrected chi connectivity index (χ0v) is 15.2. The van der Waals surface area contributed by atoms with Gasteiger partial charge in [0.2, 0.25) is 0 Å². The zero-order chi connectivity index (χ0) is 19.2. The molecule has 0 fully saturated rings. The molecule has 0 bridgehead atoms. The molecule has 0 aliphatic rings. The first-order chi connectivity index (χ1) is 13.8. The van der Waals surface area contributed by atoms with Crippen LogP contribution in [0.1, 0.15) is 6.42 Å². The van der Waals surface area contributed by atoms with E-state index in [2.05, 4.69) is 25.3 Å². The molecule has 0 spiro atoms. The summed E-state index contributed by atoms with van der Waals surface area (Å²) in [5.74, 6) is 1.05. The van der Waals surface area contributed by atoms with Crippen LogP contribution in [0.15, 0.2) is 73.6 Å². The van der Waals surface area contributed by atoms with E-state index in [0.717, 1.165) is 42.1 Å². The van der Waals surface area contributed by atoms with Crippen molar-refractivity contribution in [3.63, 3.8) is 0 Å². The fourth-order valence-electron chi connectivity index (χ4n) is 2.83. The number of hydrogen-bond acceptors (Lipinski definition) is 5. The second kappa shape index (κ2) is 8.39. The minimum atomic E-state index is -0.273. The number of aryl methyl sites for hydroxylation is 1. The first-order valence-corrected chi connectivity index (χ1v) is 9.03. The first kappa shape index (κ1) is 17.8. The summed E-state index contributed by atoms with van der Waals surface area (Å²) in [5.41, 5.74) is 2.44. The Hall–Kier alpha value is -3.61. The lowest BCUT2D eigenvalue weighted by Crippen LogP contribution is -2.08. The first-order valence-electron chi connectivity index (χ1n) is 9.03. The number of anilines is 1. The van der Waals surface area contributed by atoms with E-state index < -0.39 is 0 Å². The second-order valence-corrected chi connectivity index (χ2v) is 6.29. The molecule has 0 aliphatic carbocycles. The average molecular weight is 374 g/mol. The van der Waals surface area contributed by atoms with Crippen LogP contribution in [0.5, 0.6) is 0 Å². The number of pyridine rings is 1. The summed E-state index contributed by atoms with van der Waals surface area (Å²) in [6.07, 6.45) is 9.87. The van der Waals surface area contributed by atoms with Crippen molar-refractivity contribution in [2.45, 2.75) is 13.0 Å². The quantitative estimate of drug-likeness (QED) is 0.495. The molecule has 6 nitrogen and oxygen atoms in total. The molecule has 0 radical (unpaired) electrons. The van der Waals surface area contributed by atoms with Gasteiger partial charge in [-0.25, -0.2) is 19.3 Å². The van der Waals surface area contributed by atoms with Crippen LogP contribution in [-0.2, 0) is 6.54 Å². The molecule has 0 amide bonds. The van der Waals surface area contributed by atoms with Crippen molar-refractivity contribution in [2.24, 2.45) is 0 Å². The molecule has 1 aromatic carbocycles. The molecule has 7 heteroatoms. The molecular formula is C21H19FN6. The molecule has 3 heterocycles. The fourth-order valence-corrected chi connectivity index (χ4v) is 2.83. The molecule has 0 atom stereocenters. The largest absolute Gasteiger partial charge is 0.370 e. The van der Waals surface area contributed by atoms with Crippen molar-refractivity contribution in [1.29, 1.82) is 0 Å². The van der Waals surface area contributed by atoms with Gasteiger partial charge in [-0.1, -0.05) is 0 Å². The van der Waals surface area contributed by atoms with Gasteiger partial charge in [0.15, 0.2) is 5.82 Å². The number of hydrogen-bond donors (Lipinski definition) is 1. The number of benzene rings is 1. The lowest BCUT2D eigenvalue weighted by atomic mass is 10.1. The molecule has 28 heavy (non-hydrogen) atoms. The molecule has 140 valence electrons. The number of rotatable bonds is 7. The van der Waals surface area contributed by atoms with Gasteiger partial charge in [0.25, 0.3) is 0 Å². The summed E-state index contributed by atoms with van der Waals surface area (Å²) in [5, 5.41) is 3.36. The minimum absolute atomic E-state index is 0.273. The van der Waals surface area contributed by atoms with Gasteiger partial charge in [0.05, 0.1) is 12.0 Å². The molecule has 1 N–H and O–H groups in total. The van der Waals surface area contributed by atoms with Crippen molar-refractivity contribution < 1.29 is 4.39 Å². The standard InChI is InChI=1S/C21H19FN6/c22-18-4-2-16(3-5-18)19-14-20(25-8-1-12-28-13-11-24-15-28)27-21(26-19)17-6-9-23-10-7-17/h2-7,9-11,13-15H,1,8,12H2,(H,25,26,27). The Morgan fingerprint density at radius 2 is 1.71 bits per heavy atom.